The van der Waals surface area contributed by atoms with Crippen LogP contribution in [0.15, 0.2) is 17.1 Å². The first-order chi connectivity index (χ1) is 9.46. The van der Waals surface area contributed by atoms with Gasteiger partial charge in [-0.05, 0) is 56.9 Å². The summed E-state index contributed by atoms with van der Waals surface area (Å²) in [6.07, 6.45) is 1.03. The van der Waals surface area contributed by atoms with E-state index in [2.05, 4.69) is 44.7 Å². The molecular weight excluding hydrogens is 248 g/mol. The van der Waals surface area contributed by atoms with E-state index in [1.54, 1.807) is 0 Å². The quantitative estimate of drug-likeness (QED) is 0.725. The molecule has 0 bridgehead atoms. The minimum atomic E-state index is -0.0116. The highest BCUT2D eigenvalue weighted by atomic mass is 16.5. The second-order valence-corrected chi connectivity index (χ2v) is 6.62. The van der Waals surface area contributed by atoms with Gasteiger partial charge in [0.25, 0.3) is 0 Å². The second-order valence-electron chi connectivity index (χ2n) is 6.62. The molecule has 20 heavy (non-hydrogen) atoms. The zero-order valence-electron chi connectivity index (χ0n) is 13.0. The average Bonchev–Trinajstić information content (AvgIpc) is 2.40. The van der Waals surface area contributed by atoms with Gasteiger partial charge in [-0.1, -0.05) is 6.07 Å². The van der Waals surface area contributed by atoms with Crippen LogP contribution in [0.5, 0.6) is 0 Å². The van der Waals surface area contributed by atoms with Crippen molar-refractivity contribution in [3.8, 4) is 0 Å². The molecule has 0 atom stereocenters. The number of aliphatic imine (C=N–C) groups is 1. The lowest BCUT2D eigenvalue weighted by molar-refractivity contribution is 0.0677. The molecule has 0 amide bonds. The third kappa shape index (κ3) is 2.47. The maximum atomic E-state index is 5.48. The lowest BCUT2D eigenvalue weighted by atomic mass is 9.86. The molecule has 3 rings (SSSR count). The number of hydrogen-bond acceptors (Lipinski definition) is 3. The molecule has 0 saturated carbocycles. The van der Waals surface area contributed by atoms with E-state index in [-0.39, 0.29) is 5.54 Å². The zero-order chi connectivity index (χ0) is 14.3. The van der Waals surface area contributed by atoms with Crippen LogP contribution in [0.2, 0.25) is 0 Å². The fraction of sp³-hybridized carbons (Fsp3) is 0.588. The largest absolute Gasteiger partial charge is 0.378 e. The maximum absolute atomic E-state index is 5.48. The molecule has 108 valence electrons. The number of rotatable bonds is 0. The molecule has 1 aromatic rings. The molecule has 2 aliphatic heterocycles. The predicted octanol–water partition coefficient (Wildman–Crippen LogP) is 2.72. The summed E-state index contributed by atoms with van der Waals surface area (Å²) in [4.78, 5) is 7.42. The van der Waals surface area contributed by atoms with Crippen LogP contribution in [0.3, 0.4) is 0 Å². The van der Waals surface area contributed by atoms with Crippen LogP contribution in [0.25, 0.3) is 0 Å². The molecule has 0 aliphatic carbocycles. The summed E-state index contributed by atoms with van der Waals surface area (Å²) >= 11 is 0. The van der Waals surface area contributed by atoms with Gasteiger partial charge in [-0.2, -0.15) is 0 Å². The van der Waals surface area contributed by atoms with Gasteiger partial charge in [0, 0.05) is 18.7 Å². The Morgan fingerprint density at radius 1 is 1.10 bits per heavy atom. The second kappa shape index (κ2) is 4.88. The van der Waals surface area contributed by atoms with Gasteiger partial charge in [-0.15, -0.1) is 0 Å². The molecule has 3 heteroatoms. The Balaban J connectivity index is 2.07. The van der Waals surface area contributed by atoms with Gasteiger partial charge >= 0.3 is 0 Å². The molecule has 0 radical (unpaired) electrons. The van der Waals surface area contributed by atoms with Crippen molar-refractivity contribution >= 4 is 5.84 Å². The average molecular weight is 272 g/mol. The normalized spacial score (nSPS) is 21.4. The Labute approximate surface area is 121 Å². The van der Waals surface area contributed by atoms with Crippen molar-refractivity contribution < 1.29 is 4.74 Å². The van der Waals surface area contributed by atoms with Gasteiger partial charge in [0.05, 0.1) is 18.8 Å². The van der Waals surface area contributed by atoms with E-state index in [0.717, 1.165) is 32.7 Å². The summed E-state index contributed by atoms with van der Waals surface area (Å²) in [5, 5.41) is 0. The fourth-order valence-electron chi connectivity index (χ4n) is 3.10. The maximum Gasteiger partial charge on any atom is 0.131 e. The number of aryl methyl sites for hydroxylation is 2. The van der Waals surface area contributed by atoms with E-state index in [4.69, 9.17) is 9.73 Å². The van der Waals surface area contributed by atoms with E-state index in [9.17, 15) is 0 Å². The number of morpholine rings is 1. The molecule has 2 heterocycles. The number of amidine groups is 1. The van der Waals surface area contributed by atoms with E-state index < -0.39 is 0 Å². The third-order valence-electron chi connectivity index (χ3n) is 4.30. The van der Waals surface area contributed by atoms with Gasteiger partial charge in [0.15, 0.2) is 0 Å². The van der Waals surface area contributed by atoms with Crippen LogP contribution in [-0.4, -0.2) is 42.6 Å². The molecule has 0 aromatic heterocycles. The van der Waals surface area contributed by atoms with Crippen LogP contribution >= 0.6 is 0 Å². The smallest absolute Gasteiger partial charge is 0.131 e. The Kier molecular flexibility index (Phi) is 3.33. The lowest BCUT2D eigenvalue weighted by Gasteiger charge is -2.37. The van der Waals surface area contributed by atoms with Crippen molar-refractivity contribution in [2.45, 2.75) is 39.7 Å². The van der Waals surface area contributed by atoms with Crippen molar-refractivity contribution in [2.24, 2.45) is 4.99 Å². The molecule has 0 N–H and O–H groups in total. The van der Waals surface area contributed by atoms with E-state index >= 15 is 0 Å². The minimum Gasteiger partial charge on any atom is -0.378 e. The summed E-state index contributed by atoms with van der Waals surface area (Å²) in [7, 11) is 0. The Bertz CT molecular complexity index is 554. The fourth-order valence-corrected chi connectivity index (χ4v) is 3.10. The van der Waals surface area contributed by atoms with Crippen molar-refractivity contribution in [1.82, 2.24) is 4.90 Å². The molecule has 3 nitrogen and oxygen atoms in total. The van der Waals surface area contributed by atoms with Crippen molar-refractivity contribution in [1.29, 1.82) is 0 Å². The van der Waals surface area contributed by atoms with Crippen LogP contribution in [-0.2, 0) is 11.2 Å². The van der Waals surface area contributed by atoms with Crippen molar-refractivity contribution in [2.75, 3.05) is 26.3 Å². The Hall–Kier alpha value is -1.35. The van der Waals surface area contributed by atoms with Gasteiger partial charge < -0.3 is 9.64 Å². The summed E-state index contributed by atoms with van der Waals surface area (Å²) < 4.78 is 5.48. The highest BCUT2D eigenvalue weighted by Crippen LogP contribution is 2.30. The summed E-state index contributed by atoms with van der Waals surface area (Å²) in [5.41, 5.74) is 5.48. The highest BCUT2D eigenvalue weighted by Gasteiger charge is 2.30. The lowest BCUT2D eigenvalue weighted by Crippen LogP contribution is -2.45. The van der Waals surface area contributed by atoms with Gasteiger partial charge in [-0.25, -0.2) is 0 Å². The highest BCUT2D eigenvalue weighted by molar-refractivity contribution is 6.01. The SMILES string of the molecule is Cc1cc2c(cc1C)C(N1CCOCC1)=NC(C)(C)C2. The van der Waals surface area contributed by atoms with E-state index in [1.165, 1.54) is 28.1 Å². The molecule has 1 saturated heterocycles. The zero-order valence-corrected chi connectivity index (χ0v) is 13.0. The first-order valence-corrected chi connectivity index (χ1v) is 7.49. The standard InChI is InChI=1S/C17H24N2O/c1-12-9-14-11-17(3,4)18-16(15(14)10-13(12)2)19-5-7-20-8-6-19/h9-10H,5-8,11H2,1-4H3. The number of fused-ring (bicyclic) bond motifs is 1. The number of nitrogens with zero attached hydrogens (tertiary/aromatic N) is 2. The monoisotopic (exact) mass is 272 g/mol. The molecule has 0 spiro atoms. The van der Waals surface area contributed by atoms with Gasteiger partial charge in [-0.3, -0.25) is 4.99 Å². The summed E-state index contributed by atoms with van der Waals surface area (Å²) in [5.74, 6) is 1.17. The van der Waals surface area contributed by atoms with E-state index in [1.807, 2.05) is 0 Å². The molecule has 2 aliphatic rings. The predicted molar refractivity (Wildman–Crippen MR) is 82.6 cm³/mol. The number of hydrogen-bond donors (Lipinski definition) is 0. The first-order valence-electron chi connectivity index (χ1n) is 7.49. The first kappa shape index (κ1) is 13.6. The molecular formula is C17H24N2O. The molecule has 0 unspecified atom stereocenters. The number of benzene rings is 1. The van der Waals surface area contributed by atoms with Crippen LogP contribution in [0.4, 0.5) is 0 Å². The van der Waals surface area contributed by atoms with Crippen LogP contribution in [0.1, 0.15) is 36.1 Å². The third-order valence-corrected chi connectivity index (χ3v) is 4.30. The van der Waals surface area contributed by atoms with E-state index in [0.29, 0.717) is 0 Å². The van der Waals surface area contributed by atoms with Crippen LogP contribution in [0, 0.1) is 13.8 Å². The summed E-state index contributed by atoms with van der Waals surface area (Å²) in [6, 6.07) is 4.66. The minimum absolute atomic E-state index is 0.0116. The van der Waals surface area contributed by atoms with Crippen molar-refractivity contribution in [3.05, 3.63) is 34.4 Å². The van der Waals surface area contributed by atoms with Gasteiger partial charge in [0.2, 0.25) is 0 Å². The summed E-state index contributed by atoms with van der Waals surface area (Å²) in [6.45, 7) is 12.3. The van der Waals surface area contributed by atoms with Gasteiger partial charge in [0.1, 0.15) is 5.84 Å². The topological polar surface area (TPSA) is 24.8 Å². The molecule has 1 aromatic carbocycles. The molecule has 1 fully saturated rings. The van der Waals surface area contributed by atoms with Crippen molar-refractivity contribution in [3.63, 3.8) is 0 Å². The Morgan fingerprint density at radius 3 is 2.45 bits per heavy atom. The Morgan fingerprint density at radius 2 is 1.75 bits per heavy atom. The van der Waals surface area contributed by atoms with Crippen LogP contribution < -0.4 is 0 Å². The number of ether oxygens (including phenoxy) is 1.